The first kappa shape index (κ1) is 11.3. The summed E-state index contributed by atoms with van der Waals surface area (Å²) in [5.41, 5.74) is -0.625. The van der Waals surface area contributed by atoms with Gasteiger partial charge in [0, 0.05) is 17.6 Å². The molecule has 0 aliphatic heterocycles. The maximum atomic E-state index is 12.4. The van der Waals surface area contributed by atoms with Crippen molar-refractivity contribution in [1.29, 1.82) is 0 Å². The lowest BCUT2D eigenvalue weighted by atomic mass is 10.1. The number of halogens is 4. The van der Waals surface area contributed by atoms with Crippen molar-refractivity contribution in [3.05, 3.63) is 23.4 Å². The molecule has 1 rings (SSSR count). The second kappa shape index (κ2) is 4.16. The largest absolute Gasteiger partial charge is 0.481 e. The number of aromatic nitrogens is 1. The highest BCUT2D eigenvalue weighted by molar-refractivity contribution is 9.08. The molecular formula is C8H7BrF3NO. The Morgan fingerprint density at radius 1 is 1.50 bits per heavy atom. The first-order chi connectivity index (χ1) is 6.49. The van der Waals surface area contributed by atoms with E-state index in [4.69, 9.17) is 4.74 Å². The summed E-state index contributed by atoms with van der Waals surface area (Å²) in [5, 5.41) is 0.112. The van der Waals surface area contributed by atoms with E-state index in [9.17, 15) is 13.2 Å². The molecule has 78 valence electrons. The van der Waals surface area contributed by atoms with Crippen molar-refractivity contribution >= 4 is 15.9 Å². The topological polar surface area (TPSA) is 22.1 Å². The van der Waals surface area contributed by atoms with Crippen LogP contribution in [0.15, 0.2) is 12.3 Å². The molecule has 0 fully saturated rings. The Morgan fingerprint density at radius 2 is 2.14 bits per heavy atom. The normalized spacial score (nSPS) is 11.5. The zero-order valence-corrected chi connectivity index (χ0v) is 8.82. The predicted molar refractivity (Wildman–Crippen MR) is 48.4 cm³/mol. The molecule has 0 aliphatic carbocycles. The molecule has 1 aromatic heterocycles. The van der Waals surface area contributed by atoms with Gasteiger partial charge < -0.3 is 4.74 Å². The highest BCUT2D eigenvalue weighted by Crippen LogP contribution is 2.33. The van der Waals surface area contributed by atoms with Crippen LogP contribution < -0.4 is 4.74 Å². The Kier molecular flexibility index (Phi) is 3.36. The van der Waals surface area contributed by atoms with Crippen LogP contribution in [-0.2, 0) is 11.5 Å². The third-order valence-corrected chi connectivity index (χ3v) is 2.23. The van der Waals surface area contributed by atoms with Crippen molar-refractivity contribution in [3.8, 4) is 5.88 Å². The van der Waals surface area contributed by atoms with Crippen LogP contribution in [0.5, 0.6) is 5.88 Å². The molecule has 0 atom stereocenters. The molecule has 0 aromatic carbocycles. The summed E-state index contributed by atoms with van der Waals surface area (Å²) in [4.78, 5) is 3.51. The number of pyridine rings is 1. The van der Waals surface area contributed by atoms with Gasteiger partial charge in [-0.05, 0) is 5.56 Å². The van der Waals surface area contributed by atoms with Gasteiger partial charge in [0.1, 0.15) is 0 Å². The van der Waals surface area contributed by atoms with Gasteiger partial charge in [0.25, 0.3) is 0 Å². The summed E-state index contributed by atoms with van der Waals surface area (Å²) in [6, 6.07) is 1.26. The van der Waals surface area contributed by atoms with Crippen LogP contribution in [0.3, 0.4) is 0 Å². The van der Waals surface area contributed by atoms with E-state index < -0.39 is 11.7 Å². The van der Waals surface area contributed by atoms with Gasteiger partial charge in [0.15, 0.2) is 0 Å². The van der Waals surface area contributed by atoms with Crippen LogP contribution in [0.2, 0.25) is 0 Å². The van der Waals surface area contributed by atoms with Gasteiger partial charge in [-0.1, -0.05) is 15.9 Å². The minimum absolute atomic E-state index is 0.112. The Hall–Kier alpha value is -0.780. The summed E-state index contributed by atoms with van der Waals surface area (Å²) >= 11 is 2.98. The lowest BCUT2D eigenvalue weighted by Gasteiger charge is -2.11. The molecule has 0 bridgehead atoms. The standard InChI is InChI=1S/C8H7BrF3NO/c1-14-7-2-5(3-9)6(4-13-7)8(10,11)12/h2,4H,3H2,1H3. The monoisotopic (exact) mass is 269 g/mol. The lowest BCUT2D eigenvalue weighted by Crippen LogP contribution is -2.09. The van der Waals surface area contributed by atoms with E-state index in [0.29, 0.717) is 0 Å². The van der Waals surface area contributed by atoms with Gasteiger partial charge in [-0.25, -0.2) is 4.98 Å². The highest BCUT2D eigenvalue weighted by Gasteiger charge is 2.33. The number of nitrogens with zero attached hydrogens (tertiary/aromatic N) is 1. The molecule has 6 heteroatoms. The number of hydrogen-bond acceptors (Lipinski definition) is 2. The van der Waals surface area contributed by atoms with Crippen molar-refractivity contribution in [3.63, 3.8) is 0 Å². The minimum atomic E-state index is -4.37. The molecule has 0 unspecified atom stereocenters. The first-order valence-corrected chi connectivity index (χ1v) is 4.77. The zero-order chi connectivity index (χ0) is 10.8. The first-order valence-electron chi connectivity index (χ1n) is 3.65. The Morgan fingerprint density at radius 3 is 2.57 bits per heavy atom. The van der Waals surface area contributed by atoms with Crippen LogP contribution in [0.1, 0.15) is 11.1 Å². The summed E-state index contributed by atoms with van der Waals surface area (Å²) in [6.45, 7) is 0. The maximum Gasteiger partial charge on any atom is 0.418 e. The second-order valence-corrected chi connectivity index (χ2v) is 3.08. The molecule has 0 spiro atoms. The van der Waals surface area contributed by atoms with Crippen LogP contribution in [-0.4, -0.2) is 12.1 Å². The minimum Gasteiger partial charge on any atom is -0.481 e. The van der Waals surface area contributed by atoms with Crippen LogP contribution in [0.25, 0.3) is 0 Å². The summed E-state index contributed by atoms with van der Waals surface area (Å²) in [6.07, 6.45) is -3.60. The highest BCUT2D eigenvalue weighted by atomic mass is 79.9. The fraction of sp³-hybridized carbons (Fsp3) is 0.375. The number of ether oxygens (including phenoxy) is 1. The van der Waals surface area contributed by atoms with E-state index in [1.54, 1.807) is 0 Å². The number of methoxy groups -OCH3 is 1. The molecule has 0 saturated heterocycles. The van der Waals surface area contributed by atoms with Crippen molar-refractivity contribution in [2.45, 2.75) is 11.5 Å². The lowest BCUT2D eigenvalue weighted by molar-refractivity contribution is -0.138. The molecule has 1 heterocycles. The van der Waals surface area contributed by atoms with Crippen molar-refractivity contribution < 1.29 is 17.9 Å². The summed E-state index contributed by atoms with van der Waals surface area (Å²) in [7, 11) is 1.35. The molecule has 0 amide bonds. The third-order valence-electron chi connectivity index (χ3n) is 1.62. The molecular weight excluding hydrogens is 263 g/mol. The van der Waals surface area contributed by atoms with Gasteiger partial charge in [-0.2, -0.15) is 13.2 Å². The van der Waals surface area contributed by atoms with E-state index in [1.807, 2.05) is 0 Å². The fourth-order valence-electron chi connectivity index (χ4n) is 0.953. The molecule has 0 N–H and O–H groups in total. The van der Waals surface area contributed by atoms with E-state index in [1.165, 1.54) is 13.2 Å². The van der Waals surface area contributed by atoms with Gasteiger partial charge in [0.2, 0.25) is 5.88 Å². The van der Waals surface area contributed by atoms with E-state index in [0.717, 1.165) is 6.20 Å². The SMILES string of the molecule is COc1cc(CBr)c(C(F)(F)F)cn1. The molecule has 2 nitrogen and oxygen atoms in total. The Balaban J connectivity index is 3.18. The fourth-order valence-corrected chi connectivity index (χ4v) is 1.42. The van der Waals surface area contributed by atoms with Gasteiger partial charge in [-0.15, -0.1) is 0 Å². The quantitative estimate of drug-likeness (QED) is 0.771. The van der Waals surface area contributed by atoms with Gasteiger partial charge >= 0.3 is 6.18 Å². The Bertz CT molecular complexity index is 327. The molecule has 0 saturated carbocycles. The Labute approximate surface area is 87.2 Å². The second-order valence-electron chi connectivity index (χ2n) is 2.52. The van der Waals surface area contributed by atoms with Gasteiger partial charge in [0.05, 0.1) is 12.7 Å². The van der Waals surface area contributed by atoms with E-state index >= 15 is 0 Å². The molecule has 1 aromatic rings. The van der Waals surface area contributed by atoms with Crippen LogP contribution >= 0.6 is 15.9 Å². The average molecular weight is 270 g/mol. The number of hydrogen-bond donors (Lipinski definition) is 0. The summed E-state index contributed by atoms with van der Waals surface area (Å²) in [5.74, 6) is 0.174. The van der Waals surface area contributed by atoms with E-state index in [-0.39, 0.29) is 16.8 Å². The van der Waals surface area contributed by atoms with Crippen LogP contribution in [0.4, 0.5) is 13.2 Å². The zero-order valence-electron chi connectivity index (χ0n) is 7.23. The van der Waals surface area contributed by atoms with Crippen molar-refractivity contribution in [2.75, 3.05) is 7.11 Å². The molecule has 0 radical (unpaired) electrons. The van der Waals surface area contributed by atoms with Gasteiger partial charge in [-0.3, -0.25) is 0 Å². The number of rotatable bonds is 2. The predicted octanol–water partition coefficient (Wildman–Crippen LogP) is 3.00. The van der Waals surface area contributed by atoms with Crippen molar-refractivity contribution in [2.24, 2.45) is 0 Å². The summed E-state index contributed by atoms with van der Waals surface area (Å²) < 4.78 is 41.8. The average Bonchev–Trinajstić information content (AvgIpc) is 2.15. The number of alkyl halides is 4. The maximum absolute atomic E-state index is 12.4. The third kappa shape index (κ3) is 2.37. The smallest absolute Gasteiger partial charge is 0.418 e. The van der Waals surface area contributed by atoms with Crippen LogP contribution in [0, 0.1) is 0 Å². The van der Waals surface area contributed by atoms with Crippen molar-refractivity contribution in [1.82, 2.24) is 4.98 Å². The molecule has 0 aliphatic rings. The van der Waals surface area contributed by atoms with E-state index in [2.05, 4.69) is 20.9 Å². The molecule has 14 heavy (non-hydrogen) atoms.